The van der Waals surface area contributed by atoms with Crippen molar-refractivity contribution in [1.82, 2.24) is 0 Å². The van der Waals surface area contributed by atoms with Crippen molar-refractivity contribution in [2.45, 2.75) is 63.2 Å². The van der Waals surface area contributed by atoms with E-state index in [1.165, 1.54) is 55.4 Å². The fourth-order valence-corrected chi connectivity index (χ4v) is 5.99. The van der Waals surface area contributed by atoms with Crippen LogP contribution in [0, 0.1) is 18.8 Å². The van der Waals surface area contributed by atoms with E-state index in [4.69, 9.17) is 0 Å². The van der Waals surface area contributed by atoms with E-state index in [0.717, 1.165) is 24.7 Å². The highest BCUT2D eigenvalue weighted by atomic mass is 33.1. The van der Waals surface area contributed by atoms with Crippen molar-refractivity contribution < 1.29 is 9.53 Å². The summed E-state index contributed by atoms with van der Waals surface area (Å²) in [4.78, 5) is 12.5. The summed E-state index contributed by atoms with van der Waals surface area (Å²) < 4.78 is 4.67. The summed E-state index contributed by atoms with van der Waals surface area (Å²) in [6.07, 6.45) is 13.7. The Morgan fingerprint density at radius 2 is 1.88 bits per heavy atom. The fraction of sp³-hybridized carbons (Fsp3) is 0.591. The maximum absolute atomic E-state index is 11.1. The molecule has 2 atom stereocenters. The summed E-state index contributed by atoms with van der Waals surface area (Å²) in [6.45, 7) is 2.14. The van der Waals surface area contributed by atoms with E-state index in [9.17, 15) is 4.79 Å². The van der Waals surface area contributed by atoms with E-state index >= 15 is 0 Å². The number of hydrogen-bond donors (Lipinski definition) is 0. The van der Waals surface area contributed by atoms with Crippen molar-refractivity contribution in [3.05, 3.63) is 42.0 Å². The van der Waals surface area contributed by atoms with Crippen LogP contribution >= 0.6 is 21.6 Å². The Morgan fingerprint density at radius 3 is 2.62 bits per heavy atom. The van der Waals surface area contributed by atoms with Crippen molar-refractivity contribution >= 4 is 27.6 Å². The molecule has 0 spiro atoms. The number of rotatable bonds is 10. The van der Waals surface area contributed by atoms with Crippen molar-refractivity contribution in [2.75, 3.05) is 12.9 Å². The van der Waals surface area contributed by atoms with Crippen LogP contribution in [0.15, 0.2) is 41.3 Å². The average molecular weight is 393 g/mol. The van der Waals surface area contributed by atoms with Crippen molar-refractivity contribution in [3.8, 4) is 0 Å². The van der Waals surface area contributed by atoms with Gasteiger partial charge in [0.05, 0.1) is 7.11 Å². The van der Waals surface area contributed by atoms with Gasteiger partial charge in [0.1, 0.15) is 0 Å². The Morgan fingerprint density at radius 1 is 1.15 bits per heavy atom. The van der Waals surface area contributed by atoms with Gasteiger partial charge in [0.15, 0.2) is 0 Å². The van der Waals surface area contributed by atoms with E-state index < -0.39 is 0 Å². The van der Waals surface area contributed by atoms with Gasteiger partial charge >= 0.3 is 5.97 Å². The van der Waals surface area contributed by atoms with Crippen molar-refractivity contribution in [2.24, 2.45) is 11.8 Å². The molecule has 0 N–H and O–H groups in total. The third-order valence-corrected chi connectivity index (χ3v) is 7.60. The predicted molar refractivity (Wildman–Crippen MR) is 115 cm³/mol. The Kier molecular flexibility index (Phi) is 10.3. The first-order valence-corrected chi connectivity index (χ1v) is 12.1. The predicted octanol–water partition coefficient (Wildman–Crippen LogP) is 6.83. The molecule has 1 fully saturated rings. The number of unbranched alkanes of at least 4 members (excludes halogenated alkanes) is 1. The van der Waals surface area contributed by atoms with Gasteiger partial charge in [0.25, 0.3) is 0 Å². The summed E-state index contributed by atoms with van der Waals surface area (Å²) in [6, 6.07) is 8.83. The van der Waals surface area contributed by atoms with Crippen LogP contribution in [0.4, 0.5) is 0 Å². The Hall–Kier alpha value is -0.870. The van der Waals surface area contributed by atoms with Crippen LogP contribution in [0.3, 0.4) is 0 Å². The molecule has 1 aromatic rings. The summed E-state index contributed by atoms with van der Waals surface area (Å²) >= 11 is 0. The molecule has 0 bridgehead atoms. The molecule has 1 unspecified atom stereocenters. The fourth-order valence-electron chi connectivity index (χ4n) is 3.45. The van der Waals surface area contributed by atoms with Gasteiger partial charge in [-0.2, -0.15) is 0 Å². The van der Waals surface area contributed by atoms with Crippen LogP contribution in [-0.4, -0.2) is 18.8 Å². The standard InChI is InChI=1S/C22H32O2S2/c1-18-13-15-21(16-14-18)26-25-17-20-11-8-7-10-19(20)9-5-3-4-6-12-22(23)24-2/h3,5,13-16,19-20H,4,6-12,17H2,1-2H3/b5-3-/t19-,20?/m0/s1. The number of esters is 1. The average Bonchev–Trinajstić information content (AvgIpc) is 2.67. The molecule has 0 aliphatic heterocycles. The van der Waals surface area contributed by atoms with Crippen LogP contribution in [0.5, 0.6) is 0 Å². The minimum Gasteiger partial charge on any atom is -0.469 e. The molecule has 0 saturated heterocycles. The van der Waals surface area contributed by atoms with Crippen LogP contribution in [0.2, 0.25) is 0 Å². The normalized spacial score (nSPS) is 20.4. The number of benzene rings is 1. The van der Waals surface area contributed by atoms with E-state index in [1.807, 2.05) is 21.6 Å². The van der Waals surface area contributed by atoms with E-state index in [2.05, 4.69) is 48.1 Å². The highest BCUT2D eigenvalue weighted by Crippen LogP contribution is 2.39. The van der Waals surface area contributed by atoms with E-state index in [-0.39, 0.29) is 5.97 Å². The summed E-state index contributed by atoms with van der Waals surface area (Å²) in [5.41, 5.74) is 1.32. The number of ether oxygens (including phenoxy) is 1. The number of carbonyl (C=O) groups is 1. The minimum absolute atomic E-state index is 0.103. The van der Waals surface area contributed by atoms with Crippen molar-refractivity contribution in [3.63, 3.8) is 0 Å². The molecule has 26 heavy (non-hydrogen) atoms. The highest BCUT2D eigenvalue weighted by molar-refractivity contribution is 8.76. The molecule has 0 radical (unpaired) electrons. The third-order valence-electron chi connectivity index (χ3n) is 5.11. The van der Waals surface area contributed by atoms with Crippen LogP contribution in [0.1, 0.15) is 56.9 Å². The molecular formula is C22H32O2S2. The van der Waals surface area contributed by atoms with Gasteiger partial charge in [-0.3, -0.25) is 4.79 Å². The topological polar surface area (TPSA) is 26.3 Å². The Labute approximate surface area is 166 Å². The lowest BCUT2D eigenvalue weighted by Crippen LogP contribution is -2.20. The number of hydrogen-bond acceptors (Lipinski definition) is 4. The molecule has 0 aromatic heterocycles. The zero-order valence-corrected chi connectivity index (χ0v) is 17.7. The minimum atomic E-state index is -0.103. The molecule has 144 valence electrons. The first kappa shape index (κ1) is 21.4. The van der Waals surface area contributed by atoms with Gasteiger partial charge in [-0.25, -0.2) is 0 Å². The number of methoxy groups -OCH3 is 1. The van der Waals surface area contributed by atoms with E-state index in [0.29, 0.717) is 6.42 Å². The molecule has 1 aliphatic rings. The summed E-state index contributed by atoms with van der Waals surface area (Å²) in [5, 5.41) is 0. The molecule has 1 aliphatic carbocycles. The quantitative estimate of drug-likeness (QED) is 0.189. The third kappa shape index (κ3) is 8.22. The lowest BCUT2D eigenvalue weighted by Gasteiger charge is -2.30. The second kappa shape index (κ2) is 12.5. The van der Waals surface area contributed by atoms with E-state index in [1.54, 1.807) is 0 Å². The SMILES string of the molecule is COC(=O)CCC/C=C\C[C@H]1CCCCC1CSSc1ccc(C)cc1. The highest BCUT2D eigenvalue weighted by Gasteiger charge is 2.24. The zero-order chi connectivity index (χ0) is 18.6. The number of allylic oxidation sites excluding steroid dienone is 2. The molecule has 0 heterocycles. The number of aryl methyl sites for hydroxylation is 1. The Balaban J connectivity index is 1.67. The van der Waals surface area contributed by atoms with Gasteiger partial charge in [0.2, 0.25) is 0 Å². The van der Waals surface area contributed by atoms with Gasteiger partial charge < -0.3 is 4.74 Å². The first-order chi connectivity index (χ1) is 12.7. The maximum Gasteiger partial charge on any atom is 0.305 e. The molecular weight excluding hydrogens is 360 g/mol. The largest absolute Gasteiger partial charge is 0.469 e. The maximum atomic E-state index is 11.1. The Bertz CT molecular complexity index is 554. The van der Waals surface area contributed by atoms with Gasteiger partial charge in [-0.05, 0) is 63.0 Å². The summed E-state index contributed by atoms with van der Waals surface area (Å²) in [7, 11) is 5.39. The van der Waals surface area contributed by atoms with Gasteiger partial charge in [-0.1, -0.05) is 64.3 Å². The lowest BCUT2D eigenvalue weighted by molar-refractivity contribution is -0.140. The lowest BCUT2D eigenvalue weighted by atomic mass is 9.78. The molecule has 1 saturated carbocycles. The monoisotopic (exact) mass is 392 g/mol. The zero-order valence-electron chi connectivity index (χ0n) is 16.1. The first-order valence-electron chi connectivity index (χ1n) is 9.77. The molecule has 2 nitrogen and oxygen atoms in total. The smallest absolute Gasteiger partial charge is 0.305 e. The number of carbonyl (C=O) groups excluding carboxylic acids is 1. The molecule has 1 aromatic carbocycles. The second-order valence-electron chi connectivity index (χ2n) is 7.16. The molecule has 0 amide bonds. The summed E-state index contributed by atoms with van der Waals surface area (Å²) in [5.74, 6) is 2.81. The van der Waals surface area contributed by atoms with Crippen molar-refractivity contribution in [1.29, 1.82) is 0 Å². The molecule has 4 heteroatoms. The van der Waals surface area contributed by atoms with Crippen LogP contribution in [0.25, 0.3) is 0 Å². The van der Waals surface area contributed by atoms with Crippen LogP contribution in [-0.2, 0) is 9.53 Å². The van der Waals surface area contributed by atoms with Gasteiger partial charge in [-0.15, -0.1) is 0 Å². The van der Waals surface area contributed by atoms with Crippen LogP contribution < -0.4 is 0 Å². The van der Waals surface area contributed by atoms with Gasteiger partial charge in [0, 0.05) is 17.1 Å². The molecule has 2 rings (SSSR count). The second-order valence-corrected chi connectivity index (χ2v) is 9.58.